The Balaban J connectivity index is 0.00000640. The summed E-state index contributed by atoms with van der Waals surface area (Å²) in [7, 11) is 0. The molecule has 10 rings (SSSR count). The predicted octanol–water partition coefficient (Wildman–Crippen LogP) is 17.8. The molecule has 10 aromatic rings. The zero-order chi connectivity index (χ0) is 49.8. The number of hydrogen-bond acceptors (Lipinski definition) is 3. The van der Waals surface area contributed by atoms with Gasteiger partial charge in [-0.1, -0.05) is 219 Å². The van der Waals surface area contributed by atoms with Crippen molar-refractivity contribution in [2.75, 3.05) is 0 Å². The zero-order valence-electron chi connectivity index (χ0n) is 43.0. The van der Waals surface area contributed by atoms with E-state index in [-0.39, 0.29) is 43.1 Å². The van der Waals surface area contributed by atoms with Gasteiger partial charge in [-0.2, -0.15) is 0 Å². The number of aromatic nitrogens is 3. The minimum atomic E-state index is -0.342. The molecule has 0 amide bonds. The van der Waals surface area contributed by atoms with E-state index in [0.29, 0.717) is 11.4 Å². The van der Waals surface area contributed by atoms with E-state index in [0.717, 1.165) is 83.6 Å². The van der Waals surface area contributed by atoms with Crippen LogP contribution < -0.4 is 0 Å². The molecule has 0 atom stereocenters. The maximum Gasteiger partial charge on any atom is 0.148 e. The van der Waals surface area contributed by atoms with Gasteiger partial charge < -0.3 is 5.11 Å². The molecule has 0 saturated heterocycles. The fourth-order valence-corrected chi connectivity index (χ4v) is 10.00. The predicted molar refractivity (Wildman–Crippen MR) is 298 cm³/mol. The molecular formula is C67H62N3OPt-. The van der Waals surface area contributed by atoms with Gasteiger partial charge >= 0.3 is 0 Å². The van der Waals surface area contributed by atoms with Gasteiger partial charge in [0.25, 0.3) is 0 Å². The number of benzene rings is 8. The summed E-state index contributed by atoms with van der Waals surface area (Å²) in [4.78, 5) is 10.6. The molecule has 72 heavy (non-hydrogen) atoms. The molecule has 1 N–H and O–H groups in total. The van der Waals surface area contributed by atoms with Gasteiger partial charge in [0.15, 0.2) is 0 Å². The molecular weight excluding hydrogens is 1060 g/mol. The Morgan fingerprint density at radius 2 is 1.07 bits per heavy atom. The molecule has 0 unspecified atom stereocenters. The van der Waals surface area contributed by atoms with Crippen molar-refractivity contribution in [2.45, 2.75) is 85.5 Å². The molecule has 2 heterocycles. The van der Waals surface area contributed by atoms with Crippen molar-refractivity contribution in [3.8, 4) is 89.7 Å². The molecule has 0 aliphatic rings. The number of rotatable bonds is 8. The number of fused-ring (bicyclic) bond motifs is 1. The van der Waals surface area contributed by atoms with Crippen molar-refractivity contribution >= 4 is 11.0 Å². The first-order valence-electron chi connectivity index (χ1n) is 24.8. The second kappa shape index (κ2) is 19.5. The Morgan fingerprint density at radius 1 is 0.472 bits per heavy atom. The van der Waals surface area contributed by atoms with Gasteiger partial charge in [-0.25, -0.2) is 4.98 Å². The van der Waals surface area contributed by atoms with E-state index in [9.17, 15) is 5.11 Å². The molecule has 0 fully saturated rings. The molecule has 8 aromatic carbocycles. The number of aromatic hydroxyl groups is 1. The maximum absolute atomic E-state index is 12.6. The van der Waals surface area contributed by atoms with E-state index in [1.54, 1.807) is 0 Å². The van der Waals surface area contributed by atoms with Gasteiger partial charge in [0.2, 0.25) is 0 Å². The average Bonchev–Trinajstić information content (AvgIpc) is 3.75. The Morgan fingerprint density at radius 3 is 1.69 bits per heavy atom. The standard InChI is InChI=1S/C67H62N3O.Pt/c1-43-36-48(61-53(46-26-18-13-19-27-46)28-20-30-56(61)66(5,6)7)32-33-59(43)70-60-31-21-29-54(62(60)69-64(70)55-41-52(65(2,3)4)42-57(63(55)71)67(8,9)10)50-37-49(45-24-16-12-17-25-45)38-51(39-50)58-40-47(34-35-68-58)44-22-14-11-15-23-44;/h11-38,40-42,71H,1-10H3;/q-1;. The molecule has 0 saturated carbocycles. The van der Waals surface area contributed by atoms with Crippen LogP contribution in [-0.4, -0.2) is 19.6 Å². The van der Waals surface area contributed by atoms with Crippen LogP contribution in [-0.2, 0) is 37.3 Å². The van der Waals surface area contributed by atoms with Crippen LogP contribution in [0.15, 0.2) is 188 Å². The van der Waals surface area contributed by atoms with E-state index in [4.69, 9.17) is 9.97 Å². The van der Waals surface area contributed by atoms with Gasteiger partial charge in [0.1, 0.15) is 11.6 Å². The Labute approximate surface area is 440 Å². The number of phenols is 1. The fourth-order valence-electron chi connectivity index (χ4n) is 10.00. The summed E-state index contributed by atoms with van der Waals surface area (Å²) in [6.07, 6.45) is 1.89. The number of para-hydroxylation sites is 1. The van der Waals surface area contributed by atoms with E-state index in [2.05, 4.69) is 256 Å². The number of hydrogen-bond donors (Lipinski definition) is 1. The molecule has 2 aromatic heterocycles. The van der Waals surface area contributed by atoms with Crippen molar-refractivity contribution in [1.29, 1.82) is 0 Å². The average molecular weight is 1120 g/mol. The summed E-state index contributed by atoms with van der Waals surface area (Å²) < 4.78 is 2.27. The number of nitrogens with zero attached hydrogens (tertiary/aromatic N) is 3. The van der Waals surface area contributed by atoms with Crippen molar-refractivity contribution in [3.63, 3.8) is 0 Å². The molecule has 4 nitrogen and oxygen atoms in total. The summed E-state index contributed by atoms with van der Waals surface area (Å²) in [5.41, 5.74) is 19.9. The molecule has 362 valence electrons. The summed E-state index contributed by atoms with van der Waals surface area (Å²) in [5.74, 6) is 0.919. The molecule has 0 bridgehead atoms. The number of phenolic OH excluding ortho intramolecular Hbond substituents is 1. The van der Waals surface area contributed by atoms with Crippen molar-refractivity contribution < 1.29 is 26.2 Å². The first kappa shape index (κ1) is 49.8. The number of imidazole rings is 1. The molecule has 0 radical (unpaired) electrons. The zero-order valence-corrected chi connectivity index (χ0v) is 45.3. The van der Waals surface area contributed by atoms with Crippen molar-refractivity contribution in [2.24, 2.45) is 0 Å². The van der Waals surface area contributed by atoms with Gasteiger partial charge in [-0.15, -0.1) is 23.8 Å². The number of aryl methyl sites for hydroxylation is 1. The van der Waals surface area contributed by atoms with Crippen LogP contribution in [0.3, 0.4) is 0 Å². The monoisotopic (exact) mass is 1120 g/mol. The first-order chi connectivity index (χ1) is 33.9. The van der Waals surface area contributed by atoms with Crippen LogP contribution in [0.4, 0.5) is 0 Å². The number of pyridine rings is 1. The Kier molecular flexibility index (Phi) is 13.5. The minimum absolute atomic E-state index is 0. The third-order valence-electron chi connectivity index (χ3n) is 13.8. The maximum atomic E-state index is 12.6. The quantitative estimate of drug-likeness (QED) is 0.154. The van der Waals surface area contributed by atoms with Gasteiger partial charge in [-0.3, -0.25) is 9.55 Å². The summed E-state index contributed by atoms with van der Waals surface area (Å²) in [6.45, 7) is 22.3. The van der Waals surface area contributed by atoms with Crippen LogP contribution in [0.2, 0.25) is 0 Å². The Hall–Kier alpha value is -7.13. The smallest absolute Gasteiger partial charge is 0.148 e. The third kappa shape index (κ3) is 9.66. The fraction of sp³-hybridized carbons (Fsp3) is 0.194. The van der Waals surface area contributed by atoms with Crippen molar-refractivity contribution in [1.82, 2.24) is 14.5 Å². The van der Waals surface area contributed by atoms with Crippen LogP contribution in [0.1, 0.15) is 84.6 Å². The van der Waals surface area contributed by atoms with Gasteiger partial charge in [0.05, 0.1) is 22.3 Å². The van der Waals surface area contributed by atoms with E-state index in [1.807, 2.05) is 12.3 Å². The van der Waals surface area contributed by atoms with Crippen molar-refractivity contribution in [3.05, 3.63) is 217 Å². The summed E-state index contributed by atoms with van der Waals surface area (Å²) in [6, 6.07) is 68.4. The van der Waals surface area contributed by atoms with Gasteiger partial charge in [-0.05, 0) is 109 Å². The second-order valence-electron chi connectivity index (χ2n) is 22.1. The molecule has 5 heteroatoms. The first-order valence-corrected chi connectivity index (χ1v) is 24.8. The third-order valence-corrected chi connectivity index (χ3v) is 13.8. The van der Waals surface area contributed by atoms with Gasteiger partial charge in [0, 0.05) is 38.5 Å². The second-order valence-corrected chi connectivity index (χ2v) is 22.1. The van der Waals surface area contributed by atoms with Crippen LogP contribution in [0.5, 0.6) is 5.75 Å². The summed E-state index contributed by atoms with van der Waals surface area (Å²) in [5, 5.41) is 12.6. The SMILES string of the molecule is Cc1cc(-c2c(-c3ccccc3)cccc2C(C)(C)C)ccc1-n1c(-c2cc(C(C)(C)C)cc(C(C)(C)C)c2O)nc2c(-c3[c-]c(-c4cc(-c5ccccc5)ccn4)cc(-c4ccccc4)c3)cccc21.[Pt]. The van der Waals surface area contributed by atoms with Crippen LogP contribution in [0, 0.1) is 13.0 Å². The van der Waals surface area contributed by atoms with E-state index < -0.39 is 0 Å². The molecule has 0 spiro atoms. The molecule has 0 aliphatic carbocycles. The van der Waals surface area contributed by atoms with Crippen LogP contribution >= 0.6 is 0 Å². The van der Waals surface area contributed by atoms with Crippen LogP contribution in [0.25, 0.3) is 95.0 Å². The molecule has 0 aliphatic heterocycles. The summed E-state index contributed by atoms with van der Waals surface area (Å²) >= 11 is 0. The normalized spacial score (nSPS) is 12.0. The largest absolute Gasteiger partial charge is 0.507 e. The topological polar surface area (TPSA) is 50.9 Å². The van der Waals surface area contributed by atoms with E-state index >= 15 is 0 Å². The van der Waals surface area contributed by atoms with E-state index in [1.165, 1.54) is 22.3 Å². The Bertz CT molecular complexity index is 3590. The minimum Gasteiger partial charge on any atom is -0.507 e.